The number of nitro benzene ring substituents is 1. The van der Waals surface area contributed by atoms with Gasteiger partial charge in [0.25, 0.3) is 11.6 Å². The number of alkyl halides is 3. The van der Waals surface area contributed by atoms with E-state index in [4.69, 9.17) is 16.0 Å². The van der Waals surface area contributed by atoms with Crippen molar-refractivity contribution in [3.8, 4) is 11.6 Å². The summed E-state index contributed by atoms with van der Waals surface area (Å²) in [5.74, 6) is -2.40. The summed E-state index contributed by atoms with van der Waals surface area (Å²) in [5.41, 5.74) is -1.84. The zero-order chi connectivity index (χ0) is 19.0. The Labute approximate surface area is 142 Å². The van der Waals surface area contributed by atoms with Crippen molar-refractivity contribution in [2.24, 2.45) is 0 Å². The zero-order valence-corrected chi connectivity index (χ0v) is 13.9. The Morgan fingerprint density at radius 2 is 1.96 bits per heavy atom. The third-order valence-electron chi connectivity index (χ3n) is 2.92. The molecule has 12 heteroatoms. The Hall–Kier alpha value is -2.19. The van der Waals surface area contributed by atoms with Gasteiger partial charge in [-0.2, -0.15) is 13.2 Å². The second-order valence-electron chi connectivity index (χ2n) is 4.84. The lowest BCUT2D eigenvalue weighted by Gasteiger charge is -2.11. The Balaban J connectivity index is 2.42. The molecule has 1 unspecified atom stereocenters. The van der Waals surface area contributed by atoms with Crippen LogP contribution in [0.5, 0.6) is 11.6 Å². The summed E-state index contributed by atoms with van der Waals surface area (Å²) >= 11 is 5.67. The third-order valence-corrected chi connectivity index (χ3v) is 4.69. The summed E-state index contributed by atoms with van der Waals surface area (Å²) in [6.45, 7) is -2.53. The molecule has 2 rings (SSSR count). The molecular formula is C13H8ClF4N2O4P. The van der Waals surface area contributed by atoms with Gasteiger partial charge in [0.1, 0.15) is 11.1 Å². The SMILES string of the molecule is CP(=O)(Cl)c1cc(Oc2ncc(C(F)(F)F)cc2F)ccc1[N+](=O)[O-]. The molecule has 0 aliphatic carbocycles. The third kappa shape index (κ3) is 4.46. The standard InChI is InChI=1S/C13H8ClF4N2O4P/c1-25(14,23)11-5-8(2-3-10(11)20(21)22)24-12-9(15)4-7(6-19-12)13(16,17)18/h2-6H,1H3. The zero-order valence-electron chi connectivity index (χ0n) is 12.3. The quantitative estimate of drug-likeness (QED) is 0.322. The molecular weight excluding hydrogens is 391 g/mol. The molecule has 0 N–H and O–H groups in total. The second kappa shape index (κ2) is 6.61. The fourth-order valence-corrected chi connectivity index (χ4v) is 3.14. The highest BCUT2D eigenvalue weighted by molar-refractivity contribution is 7.94. The van der Waals surface area contributed by atoms with Crippen molar-refractivity contribution in [2.75, 3.05) is 6.66 Å². The van der Waals surface area contributed by atoms with E-state index in [-0.39, 0.29) is 17.1 Å². The van der Waals surface area contributed by atoms with Crippen LogP contribution in [0.3, 0.4) is 0 Å². The van der Waals surface area contributed by atoms with Crippen molar-refractivity contribution >= 4 is 28.7 Å². The maximum absolute atomic E-state index is 13.7. The summed E-state index contributed by atoms with van der Waals surface area (Å²) in [5, 5.41) is 10.6. The number of hydrogen-bond donors (Lipinski definition) is 0. The Morgan fingerprint density at radius 3 is 2.44 bits per heavy atom. The molecule has 134 valence electrons. The molecule has 0 aliphatic heterocycles. The highest BCUT2D eigenvalue weighted by Crippen LogP contribution is 2.48. The number of halogens is 5. The number of nitro groups is 1. The summed E-state index contributed by atoms with van der Waals surface area (Å²) in [6, 6.07) is 3.13. The molecule has 0 aliphatic rings. The van der Waals surface area contributed by atoms with Crippen LogP contribution in [-0.4, -0.2) is 16.6 Å². The van der Waals surface area contributed by atoms with Gasteiger partial charge < -0.3 is 9.30 Å². The second-order valence-corrected chi connectivity index (χ2v) is 8.90. The van der Waals surface area contributed by atoms with Crippen molar-refractivity contribution in [3.63, 3.8) is 0 Å². The van der Waals surface area contributed by atoms with Gasteiger partial charge in [-0.1, -0.05) is 0 Å². The van der Waals surface area contributed by atoms with Gasteiger partial charge in [0.2, 0.25) is 6.49 Å². The van der Waals surface area contributed by atoms with Crippen molar-refractivity contribution in [2.45, 2.75) is 6.18 Å². The molecule has 1 aromatic heterocycles. The van der Waals surface area contributed by atoms with E-state index in [1.165, 1.54) is 0 Å². The van der Waals surface area contributed by atoms with Crippen LogP contribution < -0.4 is 10.0 Å². The highest BCUT2D eigenvalue weighted by Gasteiger charge is 2.32. The van der Waals surface area contributed by atoms with Crippen LogP contribution in [0.2, 0.25) is 0 Å². The molecule has 25 heavy (non-hydrogen) atoms. The van der Waals surface area contributed by atoms with E-state index in [1.807, 2.05) is 0 Å². The van der Waals surface area contributed by atoms with Crippen LogP contribution in [0.1, 0.15) is 5.56 Å². The van der Waals surface area contributed by atoms with Crippen LogP contribution in [0, 0.1) is 15.9 Å². The molecule has 1 atom stereocenters. The number of pyridine rings is 1. The topological polar surface area (TPSA) is 82.3 Å². The number of nitrogens with zero attached hydrogens (tertiary/aromatic N) is 2. The van der Waals surface area contributed by atoms with E-state index >= 15 is 0 Å². The molecule has 1 aromatic carbocycles. The molecule has 0 spiro atoms. The average molecular weight is 399 g/mol. The van der Waals surface area contributed by atoms with E-state index in [0.717, 1.165) is 24.9 Å². The molecule has 0 amide bonds. The fraction of sp³-hybridized carbons (Fsp3) is 0.154. The molecule has 0 saturated heterocycles. The van der Waals surface area contributed by atoms with Crippen molar-refractivity contribution in [1.82, 2.24) is 4.98 Å². The number of rotatable bonds is 4. The minimum Gasteiger partial charge on any atom is -0.436 e. The van der Waals surface area contributed by atoms with E-state index < -0.39 is 40.5 Å². The Morgan fingerprint density at radius 1 is 1.32 bits per heavy atom. The fourth-order valence-electron chi connectivity index (χ4n) is 1.81. The van der Waals surface area contributed by atoms with Gasteiger partial charge in [-0.3, -0.25) is 10.1 Å². The summed E-state index contributed by atoms with van der Waals surface area (Å²) in [7, 11) is 0. The van der Waals surface area contributed by atoms with Crippen molar-refractivity contribution < 1.29 is 31.8 Å². The summed E-state index contributed by atoms with van der Waals surface area (Å²) < 4.78 is 68.1. The van der Waals surface area contributed by atoms with Crippen LogP contribution in [0.25, 0.3) is 0 Å². The van der Waals surface area contributed by atoms with Gasteiger partial charge in [-0.05, 0) is 29.4 Å². The molecule has 0 bridgehead atoms. The smallest absolute Gasteiger partial charge is 0.417 e. The highest BCUT2D eigenvalue weighted by atomic mass is 35.7. The minimum absolute atomic E-state index is 0.195. The van der Waals surface area contributed by atoms with Gasteiger partial charge in [0, 0.05) is 18.9 Å². The molecule has 0 fully saturated rings. The predicted molar refractivity (Wildman–Crippen MR) is 81.4 cm³/mol. The first-order valence-electron chi connectivity index (χ1n) is 6.36. The van der Waals surface area contributed by atoms with Crippen molar-refractivity contribution in [3.05, 3.63) is 52.0 Å². The van der Waals surface area contributed by atoms with Crippen LogP contribution in [0.4, 0.5) is 23.2 Å². The largest absolute Gasteiger partial charge is 0.436 e. The molecule has 0 saturated carbocycles. The van der Waals surface area contributed by atoms with Crippen LogP contribution in [0.15, 0.2) is 30.5 Å². The van der Waals surface area contributed by atoms with E-state index in [0.29, 0.717) is 6.20 Å². The first kappa shape index (κ1) is 19.1. The maximum atomic E-state index is 13.7. The monoisotopic (exact) mass is 398 g/mol. The van der Waals surface area contributed by atoms with E-state index in [1.54, 1.807) is 0 Å². The lowest BCUT2D eigenvalue weighted by Crippen LogP contribution is -2.09. The molecule has 1 heterocycles. The number of aromatic nitrogens is 1. The van der Waals surface area contributed by atoms with Crippen LogP contribution in [-0.2, 0) is 10.7 Å². The average Bonchev–Trinajstić information content (AvgIpc) is 2.47. The first-order chi connectivity index (χ1) is 11.4. The van der Waals surface area contributed by atoms with Gasteiger partial charge in [-0.25, -0.2) is 9.37 Å². The molecule has 2 aromatic rings. The van der Waals surface area contributed by atoms with Gasteiger partial charge in [0.05, 0.1) is 10.5 Å². The lowest BCUT2D eigenvalue weighted by molar-refractivity contribution is -0.383. The van der Waals surface area contributed by atoms with Crippen molar-refractivity contribution in [1.29, 1.82) is 0 Å². The van der Waals surface area contributed by atoms with Gasteiger partial charge in [0.15, 0.2) is 5.82 Å². The molecule has 6 nitrogen and oxygen atoms in total. The maximum Gasteiger partial charge on any atom is 0.417 e. The number of hydrogen-bond acceptors (Lipinski definition) is 5. The minimum atomic E-state index is -4.78. The number of benzene rings is 1. The predicted octanol–water partition coefficient (Wildman–Crippen LogP) is 4.71. The summed E-state index contributed by atoms with van der Waals surface area (Å²) in [4.78, 5) is 13.4. The summed E-state index contributed by atoms with van der Waals surface area (Å²) in [6.07, 6.45) is -4.41. The van der Waals surface area contributed by atoms with Gasteiger partial charge in [-0.15, -0.1) is 0 Å². The first-order valence-corrected chi connectivity index (χ1v) is 9.42. The normalized spacial score (nSPS) is 14.0. The van der Waals surface area contributed by atoms with E-state index in [9.17, 15) is 32.2 Å². The Kier molecular flexibility index (Phi) is 5.06. The van der Waals surface area contributed by atoms with Crippen LogP contribution >= 0.6 is 17.7 Å². The van der Waals surface area contributed by atoms with E-state index in [2.05, 4.69) is 4.98 Å². The Bertz CT molecular complexity index is 885. The molecule has 0 radical (unpaired) electrons. The van der Waals surface area contributed by atoms with Gasteiger partial charge >= 0.3 is 6.18 Å². The lowest BCUT2D eigenvalue weighted by atomic mass is 10.2. The number of ether oxygens (including phenoxy) is 1.